The maximum absolute atomic E-state index is 14.1. The summed E-state index contributed by atoms with van der Waals surface area (Å²) in [5, 5.41) is 3.39. The van der Waals surface area contributed by atoms with Crippen molar-refractivity contribution < 1.29 is 18.0 Å². The highest BCUT2D eigenvalue weighted by Crippen LogP contribution is 2.26. The Labute approximate surface area is 243 Å². The third-order valence-electron chi connectivity index (χ3n) is 6.69. The Hall–Kier alpha value is -3.36. The third kappa shape index (κ3) is 7.86. The van der Waals surface area contributed by atoms with Gasteiger partial charge in [0.1, 0.15) is 12.6 Å². The molecule has 0 aliphatic carbocycles. The van der Waals surface area contributed by atoms with E-state index in [1.165, 1.54) is 17.0 Å². The van der Waals surface area contributed by atoms with Gasteiger partial charge in [-0.05, 0) is 68.1 Å². The number of hydrogen-bond donors (Lipinski definition) is 1. The Bertz CT molecular complexity index is 1410. The van der Waals surface area contributed by atoms with E-state index in [0.717, 1.165) is 28.3 Å². The van der Waals surface area contributed by atoms with Gasteiger partial charge in [-0.25, -0.2) is 8.42 Å². The van der Waals surface area contributed by atoms with Crippen molar-refractivity contribution in [3.05, 3.63) is 94.5 Å². The molecule has 0 bridgehead atoms. The Balaban J connectivity index is 2.05. The highest BCUT2D eigenvalue weighted by Gasteiger charge is 2.33. The molecule has 3 rings (SSSR count). The van der Waals surface area contributed by atoms with Crippen molar-refractivity contribution in [3.63, 3.8) is 0 Å². The van der Waals surface area contributed by atoms with Gasteiger partial charge >= 0.3 is 0 Å². The van der Waals surface area contributed by atoms with E-state index in [9.17, 15) is 18.0 Å². The highest BCUT2D eigenvalue weighted by atomic mass is 35.5. The molecule has 1 N–H and O–H groups in total. The van der Waals surface area contributed by atoms with Gasteiger partial charge < -0.3 is 10.2 Å². The van der Waals surface area contributed by atoms with Crippen LogP contribution in [0.4, 0.5) is 5.69 Å². The van der Waals surface area contributed by atoms with E-state index in [1.54, 1.807) is 48.5 Å². The number of carbonyl (C=O) groups excluding carboxylic acids is 2. The van der Waals surface area contributed by atoms with Crippen molar-refractivity contribution in [2.24, 2.45) is 0 Å². The van der Waals surface area contributed by atoms with Gasteiger partial charge in [-0.15, -0.1) is 0 Å². The second-order valence-corrected chi connectivity index (χ2v) is 12.1. The van der Waals surface area contributed by atoms with Crippen molar-refractivity contribution >= 4 is 39.1 Å². The molecule has 7 nitrogen and oxygen atoms in total. The number of nitrogens with one attached hydrogen (secondary N) is 1. The molecule has 0 saturated heterocycles. The van der Waals surface area contributed by atoms with E-state index in [0.29, 0.717) is 29.2 Å². The van der Waals surface area contributed by atoms with Crippen molar-refractivity contribution in [1.82, 2.24) is 10.2 Å². The quantitative estimate of drug-likeness (QED) is 0.255. The molecule has 9 heteroatoms. The van der Waals surface area contributed by atoms with Crippen molar-refractivity contribution in [2.75, 3.05) is 17.4 Å². The lowest BCUT2D eigenvalue weighted by molar-refractivity contribution is -0.140. The van der Waals surface area contributed by atoms with Crippen LogP contribution < -0.4 is 9.62 Å². The number of amides is 2. The molecule has 0 aromatic heterocycles. The second kappa shape index (κ2) is 14.3. The average Bonchev–Trinajstić information content (AvgIpc) is 2.92. The number of halogens is 1. The summed E-state index contributed by atoms with van der Waals surface area (Å²) in [6.07, 6.45) is 2.08. The molecule has 3 aromatic rings. The Morgan fingerprint density at radius 1 is 0.925 bits per heavy atom. The molecule has 2 amide bonds. The highest BCUT2D eigenvalue weighted by molar-refractivity contribution is 7.92. The summed E-state index contributed by atoms with van der Waals surface area (Å²) in [6.45, 7) is 7.68. The summed E-state index contributed by atoms with van der Waals surface area (Å²) in [4.78, 5) is 28.9. The number of benzene rings is 3. The maximum Gasteiger partial charge on any atom is 0.264 e. The van der Waals surface area contributed by atoms with Crippen molar-refractivity contribution in [1.29, 1.82) is 0 Å². The van der Waals surface area contributed by atoms with Gasteiger partial charge in [-0.1, -0.05) is 79.9 Å². The smallest absolute Gasteiger partial charge is 0.264 e. The van der Waals surface area contributed by atoms with Crippen LogP contribution in [-0.2, 0) is 26.2 Å². The van der Waals surface area contributed by atoms with Crippen LogP contribution in [0.5, 0.6) is 0 Å². The lowest BCUT2D eigenvalue weighted by Gasteiger charge is -2.33. The van der Waals surface area contributed by atoms with Gasteiger partial charge in [0.25, 0.3) is 10.0 Å². The summed E-state index contributed by atoms with van der Waals surface area (Å²) in [6, 6.07) is 19.9. The van der Waals surface area contributed by atoms with E-state index in [4.69, 9.17) is 11.6 Å². The summed E-state index contributed by atoms with van der Waals surface area (Å²) in [7, 11) is -4.11. The van der Waals surface area contributed by atoms with Crippen molar-refractivity contribution in [2.45, 2.75) is 64.4 Å². The van der Waals surface area contributed by atoms with Gasteiger partial charge in [-0.2, -0.15) is 0 Å². The summed E-state index contributed by atoms with van der Waals surface area (Å²) >= 11 is 6.44. The first-order valence-electron chi connectivity index (χ1n) is 13.5. The number of aryl methyl sites for hydroxylation is 2. The molecular weight excluding hydrogens is 546 g/mol. The molecule has 3 aromatic carbocycles. The third-order valence-corrected chi connectivity index (χ3v) is 8.85. The summed E-state index contributed by atoms with van der Waals surface area (Å²) in [5.74, 6) is -0.783. The largest absolute Gasteiger partial charge is 0.354 e. The predicted octanol–water partition coefficient (Wildman–Crippen LogP) is 5.88. The predicted molar refractivity (Wildman–Crippen MR) is 161 cm³/mol. The van der Waals surface area contributed by atoms with Gasteiger partial charge in [-0.3, -0.25) is 13.9 Å². The first-order chi connectivity index (χ1) is 19.1. The molecule has 0 spiro atoms. The number of nitrogens with zero attached hydrogens (tertiary/aromatic N) is 2. The molecule has 0 heterocycles. The molecular formula is C31H38ClN3O4S. The Morgan fingerprint density at radius 3 is 2.25 bits per heavy atom. The minimum Gasteiger partial charge on any atom is -0.354 e. The lowest BCUT2D eigenvalue weighted by atomic mass is 10.1. The Kier molecular flexibility index (Phi) is 11.2. The molecule has 0 saturated carbocycles. The molecule has 40 heavy (non-hydrogen) atoms. The van der Waals surface area contributed by atoms with Crippen LogP contribution in [-0.4, -0.2) is 44.3 Å². The summed E-state index contributed by atoms with van der Waals surface area (Å²) < 4.78 is 29.0. The van der Waals surface area contributed by atoms with Crippen molar-refractivity contribution in [3.8, 4) is 0 Å². The molecule has 0 radical (unpaired) electrons. The van der Waals surface area contributed by atoms with Crippen LogP contribution in [0.2, 0.25) is 5.02 Å². The summed E-state index contributed by atoms with van der Waals surface area (Å²) in [5.41, 5.74) is 2.81. The van der Waals surface area contributed by atoms with Crippen LogP contribution in [0.15, 0.2) is 77.7 Å². The maximum atomic E-state index is 14.1. The minimum atomic E-state index is -4.11. The monoisotopic (exact) mass is 583 g/mol. The number of unbranched alkanes of at least 4 members (excludes halogenated alkanes) is 1. The first-order valence-corrected chi connectivity index (χ1v) is 15.4. The molecule has 0 aliphatic rings. The van der Waals surface area contributed by atoms with Gasteiger partial charge in [0, 0.05) is 18.1 Å². The van der Waals surface area contributed by atoms with Gasteiger partial charge in [0.15, 0.2) is 0 Å². The van der Waals surface area contributed by atoms with E-state index in [2.05, 4.69) is 5.32 Å². The zero-order valence-corrected chi connectivity index (χ0v) is 25.1. The normalized spacial score (nSPS) is 12.0. The number of anilines is 1. The Morgan fingerprint density at radius 2 is 1.62 bits per heavy atom. The standard InChI is InChI=1S/C31H38ClN3O4S/c1-5-7-19-33-31(37)29(6-2)34(21-25-12-8-9-14-28(25)32)30(36)22-35(26-13-10-11-24(4)20-26)40(38,39)27-17-15-23(3)16-18-27/h8-18,20,29H,5-7,19,21-22H2,1-4H3,(H,33,37)/t29-/m0/s1. The van der Waals surface area contributed by atoms with Crippen LogP contribution in [0.1, 0.15) is 49.8 Å². The SMILES string of the molecule is CCCCNC(=O)[C@H](CC)N(Cc1ccccc1Cl)C(=O)CN(c1cccc(C)c1)S(=O)(=O)c1ccc(C)cc1. The van der Waals surface area contributed by atoms with Crippen LogP contribution >= 0.6 is 11.6 Å². The minimum absolute atomic E-state index is 0.0600. The van der Waals surface area contributed by atoms with E-state index < -0.39 is 28.5 Å². The molecule has 214 valence electrons. The fraction of sp³-hybridized carbons (Fsp3) is 0.355. The molecule has 0 fully saturated rings. The fourth-order valence-corrected chi connectivity index (χ4v) is 5.99. The first kappa shape index (κ1) is 31.2. The molecule has 1 atom stereocenters. The van der Waals surface area contributed by atoms with Gasteiger partial charge in [0.2, 0.25) is 11.8 Å². The number of rotatable bonds is 13. The average molecular weight is 584 g/mol. The van der Waals surface area contributed by atoms with Crippen LogP contribution in [0.3, 0.4) is 0 Å². The van der Waals surface area contributed by atoms with Crippen LogP contribution in [0.25, 0.3) is 0 Å². The van der Waals surface area contributed by atoms with E-state index in [-0.39, 0.29) is 17.3 Å². The number of hydrogen-bond acceptors (Lipinski definition) is 4. The van der Waals surface area contributed by atoms with E-state index >= 15 is 0 Å². The zero-order valence-electron chi connectivity index (χ0n) is 23.6. The van der Waals surface area contributed by atoms with Gasteiger partial charge in [0.05, 0.1) is 10.6 Å². The molecule has 0 aliphatic heterocycles. The topological polar surface area (TPSA) is 86.8 Å². The molecule has 0 unspecified atom stereocenters. The zero-order chi connectivity index (χ0) is 29.3. The lowest BCUT2D eigenvalue weighted by Crippen LogP contribution is -2.52. The fourth-order valence-electron chi connectivity index (χ4n) is 4.39. The second-order valence-electron chi connectivity index (χ2n) is 9.85. The van der Waals surface area contributed by atoms with E-state index in [1.807, 2.05) is 39.8 Å². The van der Waals surface area contributed by atoms with Crippen LogP contribution in [0, 0.1) is 13.8 Å². The number of carbonyl (C=O) groups is 2. The number of sulfonamides is 1.